The van der Waals surface area contributed by atoms with Crippen LogP contribution < -0.4 is 11.1 Å². The summed E-state index contributed by atoms with van der Waals surface area (Å²) in [5.41, 5.74) is 8.17. The Bertz CT molecular complexity index is 224. The average molecular weight is 167 g/mol. The largest absolute Gasteiger partial charge is 0.384 e. The Morgan fingerprint density at radius 1 is 1.58 bits per heavy atom. The lowest BCUT2D eigenvalue weighted by molar-refractivity contribution is 0.391. The van der Waals surface area contributed by atoms with Crippen molar-refractivity contribution in [1.82, 2.24) is 10.2 Å². The molecular weight excluding hydrogens is 150 g/mol. The molecule has 0 saturated heterocycles. The Morgan fingerprint density at radius 3 is 2.75 bits per heavy atom. The van der Waals surface area contributed by atoms with Gasteiger partial charge < -0.3 is 16.0 Å². The third-order valence-electron chi connectivity index (χ3n) is 1.88. The zero-order chi connectivity index (χ0) is 9.14. The van der Waals surface area contributed by atoms with E-state index in [0.717, 1.165) is 24.6 Å². The second-order valence-electron chi connectivity index (χ2n) is 3.37. The normalized spacial score (nSPS) is 17.4. The standard InChI is InChI=1S/C9H17N3/c1-7(2)6-8-9(10)11-4-5-12(8)3/h6,11H,4-5,10H2,1-3H3. The molecule has 3 heteroatoms. The van der Waals surface area contributed by atoms with E-state index in [9.17, 15) is 0 Å². The number of nitrogens with one attached hydrogen (secondary N) is 1. The van der Waals surface area contributed by atoms with Crippen molar-refractivity contribution in [3.63, 3.8) is 0 Å². The molecule has 0 amide bonds. The van der Waals surface area contributed by atoms with Crippen molar-refractivity contribution in [1.29, 1.82) is 0 Å². The monoisotopic (exact) mass is 167 g/mol. The van der Waals surface area contributed by atoms with Gasteiger partial charge in [-0.25, -0.2) is 0 Å². The SMILES string of the molecule is CC(C)=CC1=C(N)NCCN1C. The van der Waals surface area contributed by atoms with Gasteiger partial charge in [0.2, 0.25) is 0 Å². The van der Waals surface area contributed by atoms with Crippen LogP contribution in [0.25, 0.3) is 0 Å². The second-order valence-corrected chi connectivity index (χ2v) is 3.37. The van der Waals surface area contributed by atoms with Crippen LogP contribution in [0.15, 0.2) is 23.2 Å². The van der Waals surface area contributed by atoms with Crippen LogP contribution >= 0.6 is 0 Å². The molecule has 0 aromatic rings. The highest BCUT2D eigenvalue weighted by Crippen LogP contribution is 2.10. The van der Waals surface area contributed by atoms with Gasteiger partial charge in [0, 0.05) is 20.1 Å². The van der Waals surface area contributed by atoms with E-state index in [1.807, 2.05) is 0 Å². The molecule has 1 rings (SSSR count). The summed E-state index contributed by atoms with van der Waals surface area (Å²) >= 11 is 0. The van der Waals surface area contributed by atoms with Gasteiger partial charge in [0.25, 0.3) is 0 Å². The Kier molecular flexibility index (Phi) is 2.63. The molecule has 3 N–H and O–H groups in total. The average Bonchev–Trinajstić information content (AvgIpc) is 1.97. The van der Waals surface area contributed by atoms with Crippen molar-refractivity contribution >= 4 is 0 Å². The number of allylic oxidation sites excluding steroid dienone is 2. The molecule has 1 aliphatic heterocycles. The molecule has 1 heterocycles. The van der Waals surface area contributed by atoms with E-state index >= 15 is 0 Å². The molecular formula is C9H17N3. The zero-order valence-corrected chi connectivity index (χ0v) is 8.02. The van der Waals surface area contributed by atoms with Crippen LogP contribution in [0.3, 0.4) is 0 Å². The van der Waals surface area contributed by atoms with Crippen molar-refractivity contribution < 1.29 is 0 Å². The number of rotatable bonds is 1. The molecule has 0 atom stereocenters. The lowest BCUT2D eigenvalue weighted by Gasteiger charge is -2.28. The quantitative estimate of drug-likeness (QED) is 0.601. The molecule has 0 unspecified atom stereocenters. The van der Waals surface area contributed by atoms with E-state index in [2.05, 4.69) is 37.2 Å². The van der Waals surface area contributed by atoms with Crippen molar-refractivity contribution in [3.8, 4) is 0 Å². The maximum Gasteiger partial charge on any atom is 0.120 e. The molecule has 68 valence electrons. The molecule has 0 aliphatic carbocycles. The highest BCUT2D eigenvalue weighted by molar-refractivity contribution is 5.26. The van der Waals surface area contributed by atoms with Gasteiger partial charge in [-0.05, 0) is 19.9 Å². The van der Waals surface area contributed by atoms with E-state index in [4.69, 9.17) is 5.73 Å². The van der Waals surface area contributed by atoms with E-state index in [0.29, 0.717) is 0 Å². The summed E-state index contributed by atoms with van der Waals surface area (Å²) in [5.74, 6) is 0.782. The van der Waals surface area contributed by atoms with Gasteiger partial charge in [0.05, 0.1) is 5.70 Å². The van der Waals surface area contributed by atoms with Gasteiger partial charge in [-0.3, -0.25) is 0 Å². The third-order valence-corrected chi connectivity index (χ3v) is 1.88. The fourth-order valence-electron chi connectivity index (χ4n) is 1.24. The van der Waals surface area contributed by atoms with Gasteiger partial charge in [-0.2, -0.15) is 0 Å². The summed E-state index contributed by atoms with van der Waals surface area (Å²) in [6.45, 7) is 6.09. The molecule has 0 bridgehead atoms. The van der Waals surface area contributed by atoms with Crippen molar-refractivity contribution in [3.05, 3.63) is 23.2 Å². The number of nitrogens with zero attached hydrogens (tertiary/aromatic N) is 1. The van der Waals surface area contributed by atoms with Crippen LogP contribution in [-0.2, 0) is 0 Å². The van der Waals surface area contributed by atoms with E-state index in [1.54, 1.807) is 0 Å². The molecule has 0 radical (unpaired) electrons. The van der Waals surface area contributed by atoms with Crippen LogP contribution in [0.2, 0.25) is 0 Å². The summed E-state index contributed by atoms with van der Waals surface area (Å²) < 4.78 is 0. The Labute approximate surface area is 73.9 Å². The van der Waals surface area contributed by atoms with Crippen molar-refractivity contribution in [2.24, 2.45) is 5.73 Å². The van der Waals surface area contributed by atoms with Crippen LogP contribution in [0.4, 0.5) is 0 Å². The van der Waals surface area contributed by atoms with Gasteiger partial charge in [-0.15, -0.1) is 0 Å². The topological polar surface area (TPSA) is 41.3 Å². The minimum atomic E-state index is 0.782. The Hall–Kier alpha value is -1.12. The summed E-state index contributed by atoms with van der Waals surface area (Å²) in [6, 6.07) is 0. The predicted molar refractivity (Wildman–Crippen MR) is 51.3 cm³/mol. The van der Waals surface area contributed by atoms with Gasteiger partial charge in [-0.1, -0.05) is 5.57 Å². The molecule has 0 spiro atoms. The highest BCUT2D eigenvalue weighted by Gasteiger charge is 2.11. The van der Waals surface area contributed by atoms with E-state index in [1.165, 1.54) is 5.57 Å². The minimum Gasteiger partial charge on any atom is -0.384 e. The van der Waals surface area contributed by atoms with E-state index < -0.39 is 0 Å². The first-order valence-corrected chi connectivity index (χ1v) is 4.21. The fourth-order valence-corrected chi connectivity index (χ4v) is 1.24. The lowest BCUT2D eigenvalue weighted by Crippen LogP contribution is -2.39. The number of hydrogen-bond donors (Lipinski definition) is 2. The predicted octanol–water partition coefficient (Wildman–Crippen LogP) is 0.615. The summed E-state index contributed by atoms with van der Waals surface area (Å²) in [4.78, 5) is 2.17. The second kappa shape index (κ2) is 3.52. The first-order chi connectivity index (χ1) is 5.61. The molecule has 0 saturated carbocycles. The summed E-state index contributed by atoms with van der Waals surface area (Å²) in [6.07, 6.45) is 2.10. The zero-order valence-electron chi connectivity index (χ0n) is 8.02. The summed E-state index contributed by atoms with van der Waals surface area (Å²) in [5, 5.41) is 3.14. The molecule has 0 fully saturated rings. The Balaban J connectivity index is 2.88. The summed E-state index contributed by atoms with van der Waals surface area (Å²) in [7, 11) is 2.06. The lowest BCUT2D eigenvalue weighted by atomic mass is 10.2. The molecule has 12 heavy (non-hydrogen) atoms. The van der Waals surface area contributed by atoms with Gasteiger partial charge >= 0.3 is 0 Å². The molecule has 0 aromatic heterocycles. The molecule has 0 aromatic carbocycles. The molecule has 1 aliphatic rings. The van der Waals surface area contributed by atoms with Crippen molar-refractivity contribution in [2.75, 3.05) is 20.1 Å². The number of nitrogens with two attached hydrogens (primary N) is 1. The maximum atomic E-state index is 5.80. The first-order valence-electron chi connectivity index (χ1n) is 4.21. The minimum absolute atomic E-state index is 0.782. The third kappa shape index (κ3) is 1.94. The van der Waals surface area contributed by atoms with Crippen LogP contribution in [0.1, 0.15) is 13.8 Å². The van der Waals surface area contributed by atoms with Crippen LogP contribution in [0.5, 0.6) is 0 Å². The van der Waals surface area contributed by atoms with Crippen molar-refractivity contribution in [2.45, 2.75) is 13.8 Å². The number of likely N-dealkylation sites (N-methyl/N-ethyl adjacent to an activating group) is 1. The smallest absolute Gasteiger partial charge is 0.120 e. The maximum absolute atomic E-state index is 5.80. The van der Waals surface area contributed by atoms with E-state index in [-0.39, 0.29) is 0 Å². The first kappa shape index (κ1) is 8.97. The Morgan fingerprint density at radius 2 is 2.25 bits per heavy atom. The molecule has 3 nitrogen and oxygen atoms in total. The fraction of sp³-hybridized carbons (Fsp3) is 0.556. The highest BCUT2D eigenvalue weighted by atomic mass is 15.2. The van der Waals surface area contributed by atoms with Gasteiger partial charge in [0.1, 0.15) is 5.82 Å². The number of hydrogen-bond acceptors (Lipinski definition) is 3. The van der Waals surface area contributed by atoms with Crippen LogP contribution in [-0.4, -0.2) is 25.0 Å². The van der Waals surface area contributed by atoms with Crippen LogP contribution in [0, 0.1) is 0 Å². The van der Waals surface area contributed by atoms with Gasteiger partial charge in [0.15, 0.2) is 0 Å².